The molecule has 6 heteroatoms. The van der Waals surface area contributed by atoms with Crippen LogP contribution in [0.25, 0.3) is 0 Å². The third-order valence-electron chi connectivity index (χ3n) is 3.56. The molecule has 1 heterocycles. The van der Waals surface area contributed by atoms with E-state index in [4.69, 9.17) is 11.6 Å². The topological polar surface area (TPSA) is 59.4 Å². The molecule has 1 saturated heterocycles. The third-order valence-corrected chi connectivity index (χ3v) is 3.87. The van der Waals surface area contributed by atoms with Crippen LogP contribution in [-0.4, -0.2) is 50.1 Å². The highest BCUT2D eigenvalue weighted by molar-refractivity contribution is 6.32. The summed E-state index contributed by atoms with van der Waals surface area (Å²) >= 11 is 6.07. The van der Waals surface area contributed by atoms with E-state index in [-0.39, 0.29) is 5.91 Å². The number of likely N-dealkylation sites (N-methyl/N-ethyl adjacent to an activating group) is 1. The third kappa shape index (κ3) is 3.87. The van der Waals surface area contributed by atoms with Crippen LogP contribution in [0.3, 0.4) is 0 Å². The molecule has 5 nitrogen and oxygen atoms in total. The van der Waals surface area contributed by atoms with Crippen LogP contribution in [0, 0.1) is 11.3 Å². The van der Waals surface area contributed by atoms with Gasteiger partial charge in [0.15, 0.2) is 0 Å². The minimum absolute atomic E-state index is 0.0615. The SMILES string of the molecule is CCNC(=O)CN1CCN(c2cccc(Cl)c2C#N)CC1. The zero-order chi connectivity index (χ0) is 15.2. The van der Waals surface area contributed by atoms with Crippen molar-refractivity contribution in [3.63, 3.8) is 0 Å². The highest BCUT2D eigenvalue weighted by Crippen LogP contribution is 2.27. The van der Waals surface area contributed by atoms with E-state index in [1.165, 1.54) is 0 Å². The van der Waals surface area contributed by atoms with Crippen molar-refractivity contribution in [1.29, 1.82) is 5.26 Å². The van der Waals surface area contributed by atoms with E-state index in [1.807, 2.05) is 19.1 Å². The van der Waals surface area contributed by atoms with Crippen LogP contribution in [0.2, 0.25) is 5.02 Å². The Balaban J connectivity index is 1.97. The number of nitrogens with zero attached hydrogens (tertiary/aromatic N) is 3. The van der Waals surface area contributed by atoms with Crippen molar-refractivity contribution >= 4 is 23.2 Å². The van der Waals surface area contributed by atoms with E-state index in [0.717, 1.165) is 31.9 Å². The smallest absolute Gasteiger partial charge is 0.234 e. The number of piperazine rings is 1. The molecule has 0 atom stereocenters. The number of nitriles is 1. The van der Waals surface area contributed by atoms with Crippen LogP contribution in [0.15, 0.2) is 18.2 Å². The van der Waals surface area contributed by atoms with E-state index in [9.17, 15) is 10.1 Å². The van der Waals surface area contributed by atoms with Crippen molar-refractivity contribution in [2.24, 2.45) is 0 Å². The Bertz CT molecular complexity index is 547. The molecular formula is C15H19ClN4O. The van der Waals surface area contributed by atoms with Crippen molar-refractivity contribution < 1.29 is 4.79 Å². The number of nitrogens with one attached hydrogen (secondary N) is 1. The Morgan fingerprint density at radius 1 is 1.38 bits per heavy atom. The molecule has 0 aromatic heterocycles. The van der Waals surface area contributed by atoms with Gasteiger partial charge in [-0.15, -0.1) is 0 Å². The zero-order valence-corrected chi connectivity index (χ0v) is 12.9. The molecule has 0 bridgehead atoms. The average molecular weight is 307 g/mol. The normalized spacial score (nSPS) is 15.6. The molecule has 1 N–H and O–H groups in total. The van der Waals surface area contributed by atoms with Crippen molar-refractivity contribution in [3.8, 4) is 6.07 Å². The molecule has 1 aliphatic rings. The molecule has 0 aliphatic carbocycles. The quantitative estimate of drug-likeness (QED) is 0.915. The van der Waals surface area contributed by atoms with Gasteiger partial charge in [-0.2, -0.15) is 5.26 Å². The molecule has 21 heavy (non-hydrogen) atoms. The van der Waals surface area contributed by atoms with Crippen LogP contribution in [0.1, 0.15) is 12.5 Å². The van der Waals surface area contributed by atoms with Crippen LogP contribution in [0.4, 0.5) is 5.69 Å². The van der Waals surface area contributed by atoms with Gasteiger partial charge in [0.2, 0.25) is 5.91 Å². The molecule has 1 fully saturated rings. The van der Waals surface area contributed by atoms with Crippen molar-refractivity contribution in [2.75, 3.05) is 44.2 Å². The summed E-state index contributed by atoms with van der Waals surface area (Å²) in [5.74, 6) is 0.0615. The van der Waals surface area contributed by atoms with Gasteiger partial charge < -0.3 is 10.2 Å². The standard InChI is InChI=1S/C15H19ClN4O/c1-2-18-15(21)11-19-6-8-20(9-7-19)14-5-3-4-13(16)12(14)10-17/h3-5H,2,6-9,11H2,1H3,(H,18,21). The minimum Gasteiger partial charge on any atom is -0.368 e. The molecule has 1 aliphatic heterocycles. The maximum absolute atomic E-state index is 11.6. The van der Waals surface area contributed by atoms with Crippen LogP contribution in [0.5, 0.6) is 0 Å². The van der Waals surface area contributed by atoms with E-state index >= 15 is 0 Å². The Labute approximate surface area is 130 Å². The Hall–Kier alpha value is -1.77. The van der Waals surface area contributed by atoms with Gasteiger partial charge in [-0.25, -0.2) is 0 Å². The fourth-order valence-corrected chi connectivity index (χ4v) is 2.70. The fraction of sp³-hybridized carbons (Fsp3) is 0.467. The number of carbonyl (C=O) groups is 1. The summed E-state index contributed by atoms with van der Waals surface area (Å²) in [6, 6.07) is 7.68. The lowest BCUT2D eigenvalue weighted by Gasteiger charge is -2.36. The van der Waals surface area contributed by atoms with Crippen molar-refractivity contribution in [1.82, 2.24) is 10.2 Å². The molecule has 0 saturated carbocycles. The Morgan fingerprint density at radius 2 is 2.10 bits per heavy atom. The maximum Gasteiger partial charge on any atom is 0.234 e. The van der Waals surface area contributed by atoms with Gasteiger partial charge in [-0.05, 0) is 19.1 Å². The first-order valence-electron chi connectivity index (χ1n) is 7.08. The Kier molecular flexibility index (Phi) is 5.43. The molecule has 1 aromatic rings. The van der Waals surface area contributed by atoms with E-state index in [0.29, 0.717) is 23.7 Å². The summed E-state index contributed by atoms with van der Waals surface area (Å²) in [6.07, 6.45) is 0. The predicted molar refractivity (Wildman–Crippen MR) is 83.5 cm³/mol. The number of hydrogen-bond donors (Lipinski definition) is 1. The van der Waals surface area contributed by atoms with Crippen LogP contribution < -0.4 is 10.2 Å². The first kappa shape index (κ1) is 15.6. The molecule has 1 aromatic carbocycles. The lowest BCUT2D eigenvalue weighted by molar-refractivity contribution is -0.122. The lowest BCUT2D eigenvalue weighted by atomic mass is 10.1. The molecule has 0 radical (unpaired) electrons. The number of rotatable bonds is 4. The monoisotopic (exact) mass is 306 g/mol. The second-order valence-electron chi connectivity index (χ2n) is 4.96. The second kappa shape index (κ2) is 7.30. The first-order valence-corrected chi connectivity index (χ1v) is 7.46. The second-order valence-corrected chi connectivity index (χ2v) is 5.37. The fourth-order valence-electron chi connectivity index (χ4n) is 2.49. The van der Waals surface area contributed by atoms with Crippen molar-refractivity contribution in [2.45, 2.75) is 6.92 Å². The molecule has 1 amide bonds. The number of benzene rings is 1. The number of halogens is 1. The maximum atomic E-state index is 11.6. The Morgan fingerprint density at radius 3 is 2.71 bits per heavy atom. The molecule has 0 spiro atoms. The van der Waals surface area contributed by atoms with Gasteiger partial charge in [-0.1, -0.05) is 17.7 Å². The predicted octanol–water partition coefficient (Wildman–Crippen LogP) is 1.47. The summed E-state index contributed by atoms with van der Waals surface area (Å²) in [5, 5.41) is 12.5. The van der Waals surface area contributed by atoms with Gasteiger partial charge in [0.25, 0.3) is 0 Å². The van der Waals surface area contributed by atoms with Crippen LogP contribution in [-0.2, 0) is 4.79 Å². The summed E-state index contributed by atoms with van der Waals surface area (Å²) in [4.78, 5) is 15.9. The molecule has 0 unspecified atom stereocenters. The number of anilines is 1. The summed E-state index contributed by atoms with van der Waals surface area (Å²) in [5.41, 5.74) is 1.40. The largest absolute Gasteiger partial charge is 0.368 e. The van der Waals surface area contributed by atoms with E-state index < -0.39 is 0 Å². The molecular weight excluding hydrogens is 288 g/mol. The molecule has 2 rings (SSSR count). The first-order chi connectivity index (χ1) is 10.2. The van der Waals surface area contributed by atoms with E-state index in [1.54, 1.807) is 6.07 Å². The highest BCUT2D eigenvalue weighted by Gasteiger charge is 2.21. The van der Waals surface area contributed by atoms with Gasteiger partial charge in [0.1, 0.15) is 6.07 Å². The number of carbonyl (C=O) groups excluding carboxylic acids is 1. The van der Waals surface area contributed by atoms with Gasteiger partial charge >= 0.3 is 0 Å². The van der Waals surface area contributed by atoms with Crippen LogP contribution >= 0.6 is 11.6 Å². The number of hydrogen-bond acceptors (Lipinski definition) is 4. The zero-order valence-electron chi connectivity index (χ0n) is 12.1. The van der Waals surface area contributed by atoms with Gasteiger partial charge in [0.05, 0.1) is 22.8 Å². The number of amides is 1. The van der Waals surface area contributed by atoms with Crippen molar-refractivity contribution in [3.05, 3.63) is 28.8 Å². The summed E-state index contributed by atoms with van der Waals surface area (Å²) in [7, 11) is 0. The minimum atomic E-state index is 0.0615. The van der Waals surface area contributed by atoms with Gasteiger partial charge in [-0.3, -0.25) is 9.69 Å². The van der Waals surface area contributed by atoms with Gasteiger partial charge in [0, 0.05) is 32.7 Å². The average Bonchev–Trinajstić information content (AvgIpc) is 2.48. The molecule has 112 valence electrons. The highest BCUT2D eigenvalue weighted by atomic mass is 35.5. The summed E-state index contributed by atoms with van der Waals surface area (Å²) in [6.45, 7) is 6.18. The summed E-state index contributed by atoms with van der Waals surface area (Å²) < 4.78 is 0. The van der Waals surface area contributed by atoms with E-state index in [2.05, 4.69) is 21.2 Å². The lowest BCUT2D eigenvalue weighted by Crippen LogP contribution is -2.49.